The van der Waals surface area contributed by atoms with Gasteiger partial charge in [0.2, 0.25) is 0 Å². The Morgan fingerprint density at radius 2 is 0.585 bits per heavy atom. The summed E-state index contributed by atoms with van der Waals surface area (Å²) in [6.45, 7) is 0. The monoisotopic (exact) mass is 616 g/mol. The van der Waals surface area contributed by atoms with Crippen molar-refractivity contribution in [2.24, 2.45) is 0 Å². The van der Waals surface area contributed by atoms with E-state index in [-0.39, 0.29) is 20.4 Å². The molecule has 5 heterocycles. The Balaban J connectivity index is 0.00000256. The Morgan fingerprint density at radius 1 is 0.341 bits per heavy atom. The van der Waals surface area contributed by atoms with E-state index in [1.54, 1.807) is 0 Å². The minimum atomic E-state index is 0. The predicted octanol–water partition coefficient (Wildman–Crippen LogP) is 9.29. The van der Waals surface area contributed by atoms with Crippen molar-refractivity contribution in [3.05, 3.63) is 121 Å². The molecule has 0 atom stereocenters. The Kier molecular flexibility index (Phi) is 5.34. The number of rotatable bonds is 0. The van der Waals surface area contributed by atoms with Gasteiger partial charge >= 0.3 is 0 Å². The fourth-order valence-electron chi connectivity index (χ4n) is 6.27. The molecule has 0 unspecified atom stereocenters. The summed E-state index contributed by atoms with van der Waals surface area (Å²) in [6.07, 6.45) is 0. The second kappa shape index (κ2) is 9.11. The fourth-order valence-corrected chi connectivity index (χ4v) is 6.27. The third-order valence-corrected chi connectivity index (χ3v) is 8.12. The molecule has 0 amide bonds. The summed E-state index contributed by atoms with van der Waals surface area (Å²) in [4.78, 5) is 17.8. The predicted molar refractivity (Wildman–Crippen MR) is 165 cm³/mol. The van der Waals surface area contributed by atoms with Gasteiger partial charge in [-0.15, -0.1) is 0 Å². The Morgan fingerprint density at radius 3 is 0.854 bits per heavy atom. The van der Waals surface area contributed by atoms with E-state index in [0.717, 1.165) is 88.6 Å². The number of nitrogens with one attached hydrogen (secondary N) is 2. The molecule has 0 spiro atoms. The molecule has 4 aromatic carbocycles. The molecule has 9 rings (SSSR count). The molecule has 196 valence electrons. The minimum absolute atomic E-state index is 0. The first-order chi connectivity index (χ1) is 19.8. The number of benzene rings is 4. The van der Waals surface area contributed by atoms with E-state index >= 15 is 0 Å². The molecule has 3 aromatic heterocycles. The molecule has 41 heavy (non-hydrogen) atoms. The number of hydrogen-bond acceptors (Lipinski definition) is 2. The van der Waals surface area contributed by atoms with Gasteiger partial charge in [0.05, 0.1) is 22.8 Å². The van der Waals surface area contributed by atoms with Crippen molar-refractivity contribution in [2.45, 2.75) is 0 Å². The number of hydrogen-bond donors (Lipinski definition) is 2. The van der Waals surface area contributed by atoms with E-state index in [1.165, 1.54) is 0 Å². The summed E-state index contributed by atoms with van der Waals surface area (Å²) in [7, 11) is 0. The van der Waals surface area contributed by atoms with Crippen molar-refractivity contribution in [3.63, 3.8) is 0 Å². The molecule has 8 bridgehead atoms. The van der Waals surface area contributed by atoms with Gasteiger partial charge in [0.15, 0.2) is 0 Å². The molecule has 2 aliphatic heterocycles. The molecular weight excluding hydrogens is 595 g/mol. The first-order valence-electron chi connectivity index (χ1n) is 13.5. The number of aromatic amines is 2. The number of H-pyrrole nitrogens is 2. The van der Waals surface area contributed by atoms with E-state index in [2.05, 4.69) is 131 Å². The molecule has 2 aliphatic rings. The van der Waals surface area contributed by atoms with E-state index in [1.807, 2.05) is 0 Å². The molecule has 0 saturated heterocycles. The van der Waals surface area contributed by atoms with Crippen LogP contribution in [0.3, 0.4) is 0 Å². The normalized spacial score (nSPS) is 11.7. The second-order valence-electron chi connectivity index (χ2n) is 10.4. The zero-order chi connectivity index (χ0) is 26.2. The van der Waals surface area contributed by atoms with Crippen LogP contribution in [0.5, 0.6) is 0 Å². The van der Waals surface area contributed by atoms with Crippen LogP contribution in [-0.2, 0) is 20.4 Å². The molecule has 4 nitrogen and oxygen atoms in total. The van der Waals surface area contributed by atoms with E-state index in [9.17, 15) is 0 Å². The quantitative estimate of drug-likeness (QED) is 0.167. The van der Waals surface area contributed by atoms with Crippen molar-refractivity contribution < 1.29 is 20.4 Å². The Hall–Kier alpha value is -4.82. The standard InChI is InChI=1S/C36H22N4.Pd/c1-2-10-22-21(9-1)29-17-31-23-11-3-4-12-24(23)33(38-31)19-35-27-15-7-8-16-28(27)36(40-35)20-34-26-14-6-5-13-25(26)32(39-34)18-30(22)37-29;/h1-20,37,40H;. The van der Waals surface area contributed by atoms with Gasteiger partial charge in [-0.3, -0.25) is 0 Å². The summed E-state index contributed by atoms with van der Waals surface area (Å²) in [5.74, 6) is 0. The Bertz CT molecular complexity index is 2020. The van der Waals surface area contributed by atoms with Gasteiger partial charge in [0.1, 0.15) is 0 Å². The van der Waals surface area contributed by atoms with E-state index < -0.39 is 0 Å². The zero-order valence-corrected chi connectivity index (χ0v) is 23.3. The third kappa shape index (κ3) is 3.64. The van der Waals surface area contributed by atoms with Gasteiger partial charge in [0, 0.05) is 86.3 Å². The van der Waals surface area contributed by atoms with Gasteiger partial charge < -0.3 is 9.97 Å². The van der Waals surface area contributed by atoms with Gasteiger partial charge in [-0.05, 0) is 24.3 Å². The van der Waals surface area contributed by atoms with Crippen LogP contribution in [0.4, 0.5) is 0 Å². The average molecular weight is 617 g/mol. The number of aromatic nitrogens is 4. The topological polar surface area (TPSA) is 57.4 Å². The summed E-state index contributed by atoms with van der Waals surface area (Å²) < 4.78 is 0. The molecule has 0 aliphatic carbocycles. The molecule has 5 heteroatoms. The van der Waals surface area contributed by atoms with Crippen LogP contribution in [0.1, 0.15) is 0 Å². The van der Waals surface area contributed by atoms with Gasteiger partial charge in [0.25, 0.3) is 0 Å². The summed E-state index contributed by atoms with van der Waals surface area (Å²) >= 11 is 0. The molecule has 0 fully saturated rings. The van der Waals surface area contributed by atoms with Gasteiger partial charge in [-0.2, -0.15) is 0 Å². The average Bonchev–Trinajstić information content (AvgIpc) is 3.73. The largest absolute Gasteiger partial charge is 0.354 e. The van der Waals surface area contributed by atoms with E-state index in [0.29, 0.717) is 0 Å². The van der Waals surface area contributed by atoms with Crippen molar-refractivity contribution >= 4 is 43.6 Å². The van der Waals surface area contributed by atoms with Crippen molar-refractivity contribution in [1.82, 2.24) is 19.9 Å². The molecule has 7 aromatic rings. The second-order valence-corrected chi connectivity index (χ2v) is 10.4. The van der Waals surface area contributed by atoms with E-state index in [4.69, 9.17) is 9.97 Å². The number of fused-ring (bicyclic) bond motifs is 20. The maximum atomic E-state index is 5.17. The fraction of sp³-hybridized carbons (Fsp3) is 0. The zero-order valence-electron chi connectivity index (χ0n) is 21.8. The van der Waals surface area contributed by atoms with Crippen LogP contribution in [0.2, 0.25) is 0 Å². The summed E-state index contributed by atoms with van der Waals surface area (Å²) in [5, 5.41) is 4.66. The summed E-state index contributed by atoms with van der Waals surface area (Å²) in [6, 6.07) is 42.7. The van der Waals surface area contributed by atoms with Gasteiger partial charge in [-0.1, -0.05) is 97.1 Å². The van der Waals surface area contributed by atoms with Crippen LogP contribution in [-0.4, -0.2) is 19.9 Å². The van der Waals surface area contributed by atoms with Crippen LogP contribution in [0.15, 0.2) is 121 Å². The Labute approximate surface area is 249 Å². The SMILES string of the molecule is [Pd].c1ccc2c(c1)-c1cc3[nH]c(cc4nc(cc5[nH]c(cc-2n1)c1ccccc51)-c1ccccc1-4)c1ccccc31. The molecule has 0 saturated carbocycles. The maximum Gasteiger partial charge on any atom is 0.0737 e. The van der Waals surface area contributed by atoms with Crippen molar-refractivity contribution in [3.8, 4) is 45.0 Å². The summed E-state index contributed by atoms with van der Waals surface area (Å²) in [5.41, 5.74) is 12.5. The van der Waals surface area contributed by atoms with Crippen LogP contribution in [0, 0.1) is 0 Å². The first-order valence-corrected chi connectivity index (χ1v) is 13.5. The van der Waals surface area contributed by atoms with Crippen molar-refractivity contribution in [2.75, 3.05) is 0 Å². The van der Waals surface area contributed by atoms with Crippen LogP contribution < -0.4 is 0 Å². The molecular formula is C36H22N4Pd. The maximum absolute atomic E-state index is 5.17. The molecule has 0 radical (unpaired) electrons. The van der Waals surface area contributed by atoms with Crippen LogP contribution >= 0.6 is 0 Å². The smallest absolute Gasteiger partial charge is 0.0737 e. The molecule has 2 N–H and O–H groups in total. The minimum Gasteiger partial charge on any atom is -0.354 e. The number of nitrogens with zero attached hydrogens (tertiary/aromatic N) is 2. The van der Waals surface area contributed by atoms with Crippen LogP contribution in [0.25, 0.3) is 88.6 Å². The van der Waals surface area contributed by atoms with Gasteiger partial charge in [-0.25, -0.2) is 9.97 Å². The first kappa shape index (κ1) is 24.0. The van der Waals surface area contributed by atoms with Crippen molar-refractivity contribution in [1.29, 1.82) is 0 Å². The third-order valence-electron chi connectivity index (χ3n) is 8.12.